The van der Waals surface area contributed by atoms with Crippen molar-refractivity contribution in [2.45, 2.75) is 32.2 Å². The van der Waals surface area contributed by atoms with Gasteiger partial charge < -0.3 is 5.32 Å². The number of amides is 1. The Hall–Kier alpha value is -1.42. The predicted octanol–water partition coefficient (Wildman–Crippen LogP) is 3.92. The molecular weight excluding hydrogens is 316 g/mol. The zero-order valence-corrected chi connectivity index (χ0v) is 13.4. The molecule has 2 rings (SSSR count). The number of carbonyl (C=O) groups excluding carboxylic acids is 1. The monoisotopic (exact) mass is 334 g/mol. The number of benzene rings is 1. The van der Waals surface area contributed by atoms with Crippen LogP contribution in [0.25, 0.3) is 10.9 Å². The molecule has 0 fully saturated rings. The molecule has 2 aromatic rings. The van der Waals surface area contributed by atoms with Gasteiger partial charge in [-0.2, -0.15) is 0 Å². The molecule has 0 spiro atoms. The van der Waals surface area contributed by atoms with Crippen molar-refractivity contribution in [3.63, 3.8) is 0 Å². The van der Waals surface area contributed by atoms with Crippen LogP contribution >= 0.6 is 15.9 Å². The normalized spacial score (nSPS) is 11.6. The van der Waals surface area contributed by atoms with E-state index in [1.54, 1.807) is 6.20 Å². The van der Waals surface area contributed by atoms with Crippen LogP contribution in [-0.4, -0.2) is 21.8 Å². The number of carbonyl (C=O) groups is 1. The molecule has 1 heterocycles. The Morgan fingerprint density at radius 2 is 2.00 bits per heavy atom. The zero-order valence-electron chi connectivity index (χ0n) is 11.8. The fraction of sp³-hybridized carbons (Fsp3) is 0.375. The number of hydrogen-bond donors (Lipinski definition) is 1. The third-order valence-electron chi connectivity index (χ3n) is 3.88. The molecule has 0 bridgehead atoms. The Balaban J connectivity index is 2.37. The minimum absolute atomic E-state index is 0.0354. The van der Waals surface area contributed by atoms with E-state index in [0.29, 0.717) is 5.56 Å². The van der Waals surface area contributed by atoms with E-state index >= 15 is 0 Å². The number of alkyl halides is 1. The van der Waals surface area contributed by atoms with E-state index in [1.165, 1.54) is 0 Å². The molecule has 3 nitrogen and oxygen atoms in total. The second-order valence-electron chi connectivity index (χ2n) is 4.95. The van der Waals surface area contributed by atoms with Crippen LogP contribution < -0.4 is 5.32 Å². The van der Waals surface area contributed by atoms with Gasteiger partial charge in [0.15, 0.2) is 0 Å². The number of nitrogens with one attached hydrogen (secondary N) is 1. The van der Waals surface area contributed by atoms with Crippen molar-refractivity contribution >= 4 is 32.7 Å². The zero-order chi connectivity index (χ0) is 14.6. The number of rotatable bonds is 5. The van der Waals surface area contributed by atoms with Crippen LogP contribution in [0.2, 0.25) is 0 Å². The average molecular weight is 335 g/mol. The summed E-state index contributed by atoms with van der Waals surface area (Å²) in [5.74, 6) is -0.0354. The lowest BCUT2D eigenvalue weighted by Gasteiger charge is -2.31. The van der Waals surface area contributed by atoms with Crippen LogP contribution in [0.5, 0.6) is 0 Å². The molecule has 106 valence electrons. The Kier molecular flexibility index (Phi) is 4.76. The van der Waals surface area contributed by atoms with Crippen molar-refractivity contribution in [3.8, 4) is 0 Å². The summed E-state index contributed by atoms with van der Waals surface area (Å²) >= 11 is 3.52. The van der Waals surface area contributed by atoms with Gasteiger partial charge in [-0.05, 0) is 31.0 Å². The van der Waals surface area contributed by atoms with Crippen LogP contribution in [0.15, 0.2) is 36.5 Å². The highest BCUT2D eigenvalue weighted by atomic mass is 79.9. The Morgan fingerprint density at radius 3 is 2.65 bits per heavy atom. The summed E-state index contributed by atoms with van der Waals surface area (Å²) in [6.45, 7) is 4.19. The molecule has 1 aromatic carbocycles. The number of halogens is 1. The highest BCUT2D eigenvalue weighted by Gasteiger charge is 2.27. The second-order valence-corrected chi connectivity index (χ2v) is 5.51. The molecule has 0 aliphatic heterocycles. The molecule has 20 heavy (non-hydrogen) atoms. The van der Waals surface area contributed by atoms with Crippen LogP contribution in [0.1, 0.15) is 37.0 Å². The highest BCUT2D eigenvalue weighted by molar-refractivity contribution is 9.09. The van der Waals surface area contributed by atoms with Gasteiger partial charge in [-0.1, -0.05) is 41.9 Å². The van der Waals surface area contributed by atoms with Crippen LogP contribution in [0.3, 0.4) is 0 Å². The SMILES string of the molecule is CCC(CC)(CBr)NC(=O)c1cccc2ncccc12. The van der Waals surface area contributed by atoms with E-state index in [1.807, 2.05) is 30.3 Å². The lowest BCUT2D eigenvalue weighted by molar-refractivity contribution is 0.0905. The van der Waals surface area contributed by atoms with Crippen LogP contribution in [0.4, 0.5) is 0 Å². The molecule has 1 aromatic heterocycles. The minimum Gasteiger partial charge on any atom is -0.346 e. The maximum absolute atomic E-state index is 12.6. The Labute approximate surface area is 127 Å². The van der Waals surface area contributed by atoms with Gasteiger partial charge in [0.1, 0.15) is 0 Å². The minimum atomic E-state index is -0.193. The largest absolute Gasteiger partial charge is 0.346 e. The Morgan fingerprint density at radius 1 is 1.25 bits per heavy atom. The molecule has 0 atom stereocenters. The van der Waals surface area contributed by atoms with Crippen molar-refractivity contribution in [2.24, 2.45) is 0 Å². The van der Waals surface area contributed by atoms with Crippen molar-refractivity contribution in [1.29, 1.82) is 0 Å². The molecule has 0 unspecified atom stereocenters. The standard InChI is InChI=1S/C16H19BrN2O/c1-3-16(4-2,11-17)19-15(20)13-7-5-9-14-12(13)8-6-10-18-14/h5-10H,3-4,11H2,1-2H3,(H,19,20). The van der Waals surface area contributed by atoms with Gasteiger partial charge in [0, 0.05) is 28.0 Å². The number of nitrogens with zero attached hydrogens (tertiary/aromatic N) is 1. The van der Waals surface area contributed by atoms with E-state index in [-0.39, 0.29) is 11.4 Å². The first-order valence-corrected chi connectivity index (χ1v) is 8.00. The molecule has 0 aliphatic carbocycles. The van der Waals surface area contributed by atoms with Gasteiger partial charge >= 0.3 is 0 Å². The first kappa shape index (κ1) is 15.0. The predicted molar refractivity (Wildman–Crippen MR) is 86.3 cm³/mol. The lowest BCUT2D eigenvalue weighted by Crippen LogP contribution is -2.49. The van der Waals surface area contributed by atoms with Gasteiger partial charge in [0.2, 0.25) is 0 Å². The summed E-state index contributed by atoms with van der Waals surface area (Å²) in [6.07, 6.45) is 3.53. The van der Waals surface area contributed by atoms with Crippen molar-refractivity contribution in [2.75, 3.05) is 5.33 Å². The molecular formula is C16H19BrN2O. The fourth-order valence-electron chi connectivity index (χ4n) is 2.26. The smallest absolute Gasteiger partial charge is 0.252 e. The lowest BCUT2D eigenvalue weighted by atomic mass is 9.94. The molecule has 4 heteroatoms. The second kappa shape index (κ2) is 6.35. The van der Waals surface area contributed by atoms with Crippen LogP contribution in [0, 0.1) is 0 Å². The maximum atomic E-state index is 12.6. The first-order chi connectivity index (χ1) is 9.65. The molecule has 1 N–H and O–H groups in total. The molecule has 0 radical (unpaired) electrons. The summed E-state index contributed by atoms with van der Waals surface area (Å²) in [7, 11) is 0. The number of hydrogen-bond acceptors (Lipinski definition) is 2. The van der Waals surface area contributed by atoms with Gasteiger partial charge in [-0.25, -0.2) is 0 Å². The topological polar surface area (TPSA) is 42.0 Å². The summed E-state index contributed by atoms with van der Waals surface area (Å²) < 4.78 is 0. The van der Waals surface area contributed by atoms with E-state index < -0.39 is 0 Å². The summed E-state index contributed by atoms with van der Waals surface area (Å²) in [5.41, 5.74) is 1.34. The van der Waals surface area contributed by atoms with E-state index in [4.69, 9.17) is 0 Å². The number of aromatic nitrogens is 1. The molecule has 0 saturated carbocycles. The number of fused-ring (bicyclic) bond motifs is 1. The van der Waals surface area contributed by atoms with Gasteiger partial charge in [-0.3, -0.25) is 9.78 Å². The van der Waals surface area contributed by atoms with Gasteiger partial charge in [0.25, 0.3) is 5.91 Å². The van der Waals surface area contributed by atoms with E-state index in [2.05, 4.69) is 40.1 Å². The van der Waals surface area contributed by atoms with Gasteiger partial charge in [0.05, 0.1) is 5.52 Å². The average Bonchev–Trinajstić information content (AvgIpc) is 2.52. The maximum Gasteiger partial charge on any atom is 0.252 e. The van der Waals surface area contributed by atoms with Crippen molar-refractivity contribution < 1.29 is 4.79 Å². The molecule has 1 amide bonds. The van der Waals surface area contributed by atoms with Crippen LogP contribution in [-0.2, 0) is 0 Å². The summed E-state index contributed by atoms with van der Waals surface area (Å²) in [6, 6.07) is 9.44. The highest BCUT2D eigenvalue weighted by Crippen LogP contribution is 2.21. The van der Waals surface area contributed by atoms with E-state index in [0.717, 1.165) is 29.1 Å². The Bertz CT molecular complexity index is 595. The number of pyridine rings is 1. The molecule has 0 saturated heterocycles. The van der Waals surface area contributed by atoms with E-state index in [9.17, 15) is 4.79 Å². The molecule has 0 aliphatic rings. The van der Waals surface area contributed by atoms with Crippen molar-refractivity contribution in [1.82, 2.24) is 10.3 Å². The fourth-order valence-corrected chi connectivity index (χ4v) is 3.19. The van der Waals surface area contributed by atoms with Gasteiger partial charge in [-0.15, -0.1) is 0 Å². The third-order valence-corrected chi connectivity index (χ3v) is 4.95. The quantitative estimate of drug-likeness (QED) is 0.842. The summed E-state index contributed by atoms with van der Waals surface area (Å²) in [5, 5.41) is 4.82. The summed E-state index contributed by atoms with van der Waals surface area (Å²) in [4.78, 5) is 16.9. The van der Waals surface area contributed by atoms with Crippen molar-refractivity contribution in [3.05, 3.63) is 42.1 Å². The third kappa shape index (κ3) is 2.85. The first-order valence-electron chi connectivity index (χ1n) is 6.88.